The van der Waals surface area contributed by atoms with Gasteiger partial charge in [-0.25, -0.2) is 9.97 Å². The van der Waals surface area contributed by atoms with Gasteiger partial charge in [0.25, 0.3) is 5.91 Å². The van der Waals surface area contributed by atoms with Crippen LogP contribution < -0.4 is 10.1 Å². The van der Waals surface area contributed by atoms with Crippen LogP contribution in [0, 0.1) is 0 Å². The molecular weight excluding hydrogens is 372 g/mol. The molecular formula is C21H22N4O4. The molecule has 8 heteroatoms. The van der Waals surface area contributed by atoms with E-state index in [-0.39, 0.29) is 5.91 Å². The lowest BCUT2D eigenvalue weighted by Gasteiger charge is -2.03. The number of nitrogens with zero attached hydrogens (tertiary/aromatic N) is 2. The van der Waals surface area contributed by atoms with Crippen LogP contribution in [0.25, 0.3) is 22.1 Å². The number of nitrogens with one attached hydrogen (secondary N) is 2. The molecule has 0 saturated heterocycles. The van der Waals surface area contributed by atoms with Crippen molar-refractivity contribution < 1.29 is 18.7 Å². The number of benzene rings is 2. The van der Waals surface area contributed by atoms with Gasteiger partial charge in [0.2, 0.25) is 0 Å². The SMILES string of the molecule is COCCc1nc2ccc(C(=O)NCCc3nc4ccc(OC)cc4[nH]3)cc2o1. The molecule has 0 bridgehead atoms. The summed E-state index contributed by atoms with van der Waals surface area (Å²) in [7, 11) is 3.26. The van der Waals surface area contributed by atoms with Crippen LogP contribution in [0.1, 0.15) is 22.1 Å². The number of aromatic nitrogens is 3. The molecule has 0 spiro atoms. The van der Waals surface area contributed by atoms with E-state index in [2.05, 4.69) is 20.3 Å². The third-order valence-corrected chi connectivity index (χ3v) is 4.60. The molecule has 2 heterocycles. The van der Waals surface area contributed by atoms with Crippen molar-refractivity contribution in [2.24, 2.45) is 0 Å². The van der Waals surface area contributed by atoms with Crippen LogP contribution in [-0.2, 0) is 17.6 Å². The second kappa shape index (κ2) is 8.32. The first kappa shape index (κ1) is 18.9. The lowest BCUT2D eigenvalue weighted by atomic mass is 10.2. The molecule has 2 N–H and O–H groups in total. The van der Waals surface area contributed by atoms with Crippen molar-refractivity contribution in [1.82, 2.24) is 20.3 Å². The number of hydrogen-bond donors (Lipinski definition) is 2. The van der Waals surface area contributed by atoms with E-state index >= 15 is 0 Å². The summed E-state index contributed by atoms with van der Waals surface area (Å²) in [5.41, 5.74) is 3.62. The Morgan fingerprint density at radius 2 is 1.97 bits per heavy atom. The van der Waals surface area contributed by atoms with Crippen molar-refractivity contribution >= 4 is 28.0 Å². The Kier molecular flexibility index (Phi) is 5.44. The van der Waals surface area contributed by atoms with Gasteiger partial charge in [0.1, 0.15) is 17.1 Å². The Balaban J connectivity index is 1.37. The number of H-pyrrole nitrogens is 1. The van der Waals surface area contributed by atoms with E-state index in [1.54, 1.807) is 32.4 Å². The van der Waals surface area contributed by atoms with Gasteiger partial charge in [-0.2, -0.15) is 0 Å². The molecule has 2 aromatic heterocycles. The predicted molar refractivity (Wildman–Crippen MR) is 108 cm³/mol. The van der Waals surface area contributed by atoms with Crippen molar-refractivity contribution in [2.45, 2.75) is 12.8 Å². The predicted octanol–water partition coefficient (Wildman–Crippen LogP) is 2.87. The fourth-order valence-electron chi connectivity index (χ4n) is 3.09. The highest BCUT2D eigenvalue weighted by Gasteiger charge is 2.11. The van der Waals surface area contributed by atoms with Crippen molar-refractivity contribution in [1.29, 1.82) is 0 Å². The number of carbonyl (C=O) groups is 1. The second-order valence-corrected chi connectivity index (χ2v) is 6.61. The van der Waals surface area contributed by atoms with Gasteiger partial charge in [0.05, 0.1) is 24.8 Å². The quantitative estimate of drug-likeness (QED) is 0.476. The van der Waals surface area contributed by atoms with E-state index in [0.29, 0.717) is 43.0 Å². The highest BCUT2D eigenvalue weighted by atomic mass is 16.5. The van der Waals surface area contributed by atoms with E-state index in [9.17, 15) is 4.79 Å². The maximum atomic E-state index is 12.5. The third kappa shape index (κ3) is 4.22. The van der Waals surface area contributed by atoms with Crippen molar-refractivity contribution in [3.8, 4) is 5.75 Å². The monoisotopic (exact) mass is 394 g/mol. The molecule has 4 rings (SSSR count). The molecule has 0 aliphatic heterocycles. The topological polar surface area (TPSA) is 102 Å². The molecule has 0 radical (unpaired) electrons. The molecule has 2 aromatic carbocycles. The van der Waals surface area contributed by atoms with Gasteiger partial charge in [-0.1, -0.05) is 0 Å². The molecule has 4 aromatic rings. The average Bonchev–Trinajstić information content (AvgIpc) is 3.33. The lowest BCUT2D eigenvalue weighted by Crippen LogP contribution is -2.25. The lowest BCUT2D eigenvalue weighted by molar-refractivity contribution is 0.0954. The smallest absolute Gasteiger partial charge is 0.251 e. The fraction of sp³-hybridized carbons (Fsp3) is 0.286. The number of rotatable bonds is 8. The fourth-order valence-corrected chi connectivity index (χ4v) is 3.09. The summed E-state index contributed by atoms with van der Waals surface area (Å²) in [5, 5.41) is 2.91. The molecule has 150 valence electrons. The zero-order valence-electron chi connectivity index (χ0n) is 16.3. The van der Waals surface area contributed by atoms with E-state index in [1.165, 1.54) is 0 Å². The molecule has 0 saturated carbocycles. The summed E-state index contributed by atoms with van der Waals surface area (Å²) in [6, 6.07) is 10.9. The molecule has 1 amide bonds. The van der Waals surface area contributed by atoms with Crippen LogP contribution in [0.4, 0.5) is 0 Å². The average molecular weight is 394 g/mol. The van der Waals surface area contributed by atoms with Crippen LogP contribution in [-0.4, -0.2) is 48.2 Å². The minimum atomic E-state index is -0.167. The first-order chi connectivity index (χ1) is 14.2. The molecule has 0 aliphatic carbocycles. The van der Waals surface area contributed by atoms with Crippen molar-refractivity contribution in [2.75, 3.05) is 27.4 Å². The Morgan fingerprint density at radius 1 is 1.10 bits per heavy atom. The van der Waals surface area contributed by atoms with Crippen LogP contribution >= 0.6 is 0 Å². The van der Waals surface area contributed by atoms with Crippen LogP contribution in [0.5, 0.6) is 5.75 Å². The largest absolute Gasteiger partial charge is 0.497 e. The Bertz CT molecular complexity index is 1150. The minimum Gasteiger partial charge on any atom is -0.497 e. The molecule has 0 aliphatic rings. The zero-order valence-corrected chi connectivity index (χ0v) is 16.3. The van der Waals surface area contributed by atoms with Gasteiger partial charge in [-0.15, -0.1) is 0 Å². The normalized spacial score (nSPS) is 11.2. The van der Waals surface area contributed by atoms with E-state index < -0.39 is 0 Å². The van der Waals surface area contributed by atoms with Crippen molar-refractivity contribution in [3.63, 3.8) is 0 Å². The summed E-state index contributed by atoms with van der Waals surface area (Å²) in [6.07, 6.45) is 1.19. The number of hydrogen-bond acceptors (Lipinski definition) is 6. The number of aromatic amines is 1. The highest BCUT2D eigenvalue weighted by molar-refractivity contribution is 5.97. The number of amides is 1. The maximum Gasteiger partial charge on any atom is 0.251 e. The zero-order chi connectivity index (χ0) is 20.2. The first-order valence-corrected chi connectivity index (χ1v) is 9.35. The Morgan fingerprint density at radius 3 is 2.79 bits per heavy atom. The summed E-state index contributed by atoms with van der Waals surface area (Å²) in [4.78, 5) is 24.6. The number of imidazole rings is 1. The van der Waals surface area contributed by atoms with Gasteiger partial charge in [0.15, 0.2) is 11.5 Å². The first-order valence-electron chi connectivity index (χ1n) is 9.35. The number of carbonyl (C=O) groups excluding carboxylic acids is 1. The summed E-state index contributed by atoms with van der Waals surface area (Å²) < 4.78 is 15.9. The van der Waals surface area contributed by atoms with E-state index in [0.717, 1.165) is 28.1 Å². The van der Waals surface area contributed by atoms with Crippen LogP contribution in [0.3, 0.4) is 0 Å². The number of ether oxygens (including phenoxy) is 2. The molecule has 0 unspecified atom stereocenters. The van der Waals surface area contributed by atoms with Crippen LogP contribution in [0.2, 0.25) is 0 Å². The molecule has 8 nitrogen and oxygen atoms in total. The van der Waals surface area contributed by atoms with Gasteiger partial charge in [-0.05, 0) is 30.3 Å². The molecule has 29 heavy (non-hydrogen) atoms. The summed E-state index contributed by atoms with van der Waals surface area (Å²) in [6.45, 7) is 0.998. The minimum absolute atomic E-state index is 0.167. The van der Waals surface area contributed by atoms with Gasteiger partial charge < -0.3 is 24.2 Å². The number of fused-ring (bicyclic) bond motifs is 2. The van der Waals surface area contributed by atoms with Gasteiger partial charge >= 0.3 is 0 Å². The Hall–Kier alpha value is -3.39. The summed E-state index contributed by atoms with van der Waals surface area (Å²) >= 11 is 0. The molecule has 0 atom stereocenters. The number of oxazole rings is 1. The van der Waals surface area contributed by atoms with E-state index in [1.807, 2.05) is 18.2 Å². The number of methoxy groups -OCH3 is 2. The Labute approximate surface area is 167 Å². The standard InChI is InChI=1S/C21H22N4O4/c1-27-10-8-20-25-16-5-3-13(11-18(16)29-20)21(26)22-9-7-19-23-15-6-4-14(28-2)12-17(15)24-19/h3-6,11-12H,7-10H2,1-2H3,(H,22,26)(H,23,24). The maximum absolute atomic E-state index is 12.5. The second-order valence-electron chi connectivity index (χ2n) is 6.61. The summed E-state index contributed by atoms with van der Waals surface area (Å²) in [5.74, 6) is 2.01. The van der Waals surface area contributed by atoms with E-state index in [4.69, 9.17) is 13.9 Å². The van der Waals surface area contributed by atoms with Crippen LogP contribution in [0.15, 0.2) is 40.8 Å². The molecule has 0 fully saturated rings. The third-order valence-electron chi connectivity index (χ3n) is 4.60. The van der Waals surface area contributed by atoms with Gasteiger partial charge in [0, 0.05) is 38.1 Å². The van der Waals surface area contributed by atoms with Crippen molar-refractivity contribution in [3.05, 3.63) is 53.7 Å². The van der Waals surface area contributed by atoms with Gasteiger partial charge in [-0.3, -0.25) is 4.79 Å². The highest BCUT2D eigenvalue weighted by Crippen LogP contribution is 2.19.